The topological polar surface area (TPSA) is 75.7 Å². The number of ether oxygens (including phenoxy) is 1. The van der Waals surface area contributed by atoms with Gasteiger partial charge in [0.15, 0.2) is 0 Å². The SMILES string of the molecule is O=CC1CN(c2ccc(I)cc2OCc2ccccc2)S(=O)(=O)N1. The van der Waals surface area contributed by atoms with E-state index in [1.165, 1.54) is 4.31 Å². The Hall–Kier alpha value is -1.65. The lowest BCUT2D eigenvalue weighted by atomic mass is 10.2. The monoisotopic (exact) mass is 458 g/mol. The minimum Gasteiger partial charge on any atom is -0.487 e. The number of hydrogen-bond acceptors (Lipinski definition) is 4. The van der Waals surface area contributed by atoms with Crippen LogP contribution >= 0.6 is 22.6 Å². The molecule has 1 aliphatic rings. The number of anilines is 1. The molecule has 0 spiro atoms. The number of rotatable bonds is 5. The van der Waals surface area contributed by atoms with E-state index in [-0.39, 0.29) is 6.54 Å². The van der Waals surface area contributed by atoms with Crippen LogP contribution in [0.25, 0.3) is 0 Å². The van der Waals surface area contributed by atoms with E-state index in [0.717, 1.165) is 9.13 Å². The maximum absolute atomic E-state index is 12.2. The molecule has 1 aliphatic heterocycles. The van der Waals surface area contributed by atoms with Crippen LogP contribution in [0.5, 0.6) is 5.75 Å². The molecule has 0 aliphatic carbocycles. The second kappa shape index (κ2) is 7.08. The Morgan fingerprint density at radius 2 is 2.00 bits per heavy atom. The average Bonchev–Trinajstić information content (AvgIpc) is 2.89. The van der Waals surface area contributed by atoms with Gasteiger partial charge in [-0.1, -0.05) is 30.3 Å². The van der Waals surface area contributed by atoms with Crippen molar-refractivity contribution in [1.82, 2.24) is 4.72 Å². The van der Waals surface area contributed by atoms with Gasteiger partial charge in [-0.05, 0) is 46.4 Å². The van der Waals surface area contributed by atoms with Crippen LogP contribution in [-0.4, -0.2) is 27.3 Å². The lowest BCUT2D eigenvalue weighted by Gasteiger charge is -2.20. The van der Waals surface area contributed by atoms with Crippen molar-refractivity contribution in [2.24, 2.45) is 0 Å². The van der Waals surface area contributed by atoms with Crippen LogP contribution in [0.1, 0.15) is 5.56 Å². The Morgan fingerprint density at radius 1 is 1.25 bits per heavy atom. The number of hydrogen-bond donors (Lipinski definition) is 1. The first-order chi connectivity index (χ1) is 11.5. The molecule has 1 N–H and O–H groups in total. The zero-order valence-electron chi connectivity index (χ0n) is 12.6. The first-order valence-corrected chi connectivity index (χ1v) is 9.73. The zero-order chi connectivity index (χ0) is 17.2. The molecule has 3 rings (SSSR count). The maximum Gasteiger partial charge on any atom is 0.302 e. The van der Waals surface area contributed by atoms with Gasteiger partial charge in [-0.2, -0.15) is 13.1 Å². The Balaban J connectivity index is 1.90. The fraction of sp³-hybridized carbons (Fsp3) is 0.188. The molecule has 1 unspecified atom stereocenters. The van der Waals surface area contributed by atoms with Gasteiger partial charge in [-0.25, -0.2) is 0 Å². The highest BCUT2D eigenvalue weighted by Gasteiger charge is 2.36. The molecule has 0 saturated carbocycles. The smallest absolute Gasteiger partial charge is 0.302 e. The molecule has 24 heavy (non-hydrogen) atoms. The van der Waals surface area contributed by atoms with Crippen LogP contribution in [-0.2, 0) is 21.6 Å². The molecule has 6 nitrogen and oxygen atoms in total. The van der Waals surface area contributed by atoms with E-state index in [4.69, 9.17) is 4.74 Å². The van der Waals surface area contributed by atoms with Crippen LogP contribution in [0.15, 0.2) is 48.5 Å². The van der Waals surface area contributed by atoms with E-state index in [2.05, 4.69) is 27.3 Å². The standard InChI is InChI=1S/C16H15IN2O4S/c17-13-6-7-15(19-9-14(10-20)18-24(19,21)22)16(8-13)23-11-12-4-2-1-3-5-12/h1-8,10,14,18H,9,11H2. The Labute approximate surface area is 154 Å². The summed E-state index contributed by atoms with van der Waals surface area (Å²) in [4.78, 5) is 10.9. The van der Waals surface area contributed by atoms with Crippen molar-refractivity contribution in [1.29, 1.82) is 0 Å². The summed E-state index contributed by atoms with van der Waals surface area (Å²) >= 11 is 2.14. The first-order valence-electron chi connectivity index (χ1n) is 7.21. The Bertz CT molecular complexity index is 842. The van der Waals surface area contributed by atoms with E-state index in [0.29, 0.717) is 24.3 Å². The van der Waals surface area contributed by atoms with E-state index < -0.39 is 16.3 Å². The lowest BCUT2D eigenvalue weighted by molar-refractivity contribution is -0.108. The highest BCUT2D eigenvalue weighted by molar-refractivity contribution is 14.1. The molecule has 1 heterocycles. The number of benzene rings is 2. The third-order valence-corrected chi connectivity index (χ3v) is 5.74. The summed E-state index contributed by atoms with van der Waals surface area (Å²) in [7, 11) is -3.75. The van der Waals surface area contributed by atoms with Crippen molar-refractivity contribution in [3.8, 4) is 5.75 Å². The number of nitrogens with one attached hydrogen (secondary N) is 1. The summed E-state index contributed by atoms with van der Waals surface area (Å²) < 4.78 is 34.7. The molecule has 0 radical (unpaired) electrons. The Morgan fingerprint density at radius 3 is 2.67 bits per heavy atom. The molecule has 1 saturated heterocycles. The largest absolute Gasteiger partial charge is 0.487 e. The normalized spacial score (nSPS) is 19.2. The van der Waals surface area contributed by atoms with Crippen molar-refractivity contribution in [3.05, 3.63) is 57.7 Å². The van der Waals surface area contributed by atoms with E-state index >= 15 is 0 Å². The lowest BCUT2D eigenvalue weighted by Crippen LogP contribution is -2.30. The van der Waals surface area contributed by atoms with Gasteiger partial charge in [-0.15, -0.1) is 0 Å². The second-order valence-corrected chi connectivity index (χ2v) is 8.16. The molecule has 126 valence electrons. The van der Waals surface area contributed by atoms with Crippen LogP contribution in [0.2, 0.25) is 0 Å². The molecule has 0 aromatic heterocycles. The van der Waals surface area contributed by atoms with Gasteiger partial charge >= 0.3 is 10.2 Å². The molecule has 2 aromatic rings. The summed E-state index contributed by atoms with van der Waals surface area (Å²) in [5.74, 6) is 0.461. The van der Waals surface area contributed by atoms with Crippen molar-refractivity contribution in [3.63, 3.8) is 0 Å². The summed E-state index contributed by atoms with van der Waals surface area (Å²) in [5.41, 5.74) is 1.40. The fourth-order valence-corrected chi connectivity index (χ4v) is 4.28. The molecule has 0 bridgehead atoms. The number of aldehydes is 1. The average molecular weight is 458 g/mol. The Kier molecular flexibility index (Phi) is 5.07. The minimum absolute atomic E-state index is 0.0497. The second-order valence-electron chi connectivity index (χ2n) is 5.28. The molecule has 0 amide bonds. The van der Waals surface area contributed by atoms with Gasteiger partial charge in [0.05, 0.1) is 18.3 Å². The van der Waals surface area contributed by atoms with Gasteiger partial charge in [0.2, 0.25) is 0 Å². The predicted octanol–water partition coefficient (Wildman–Crippen LogP) is 2.09. The molecule has 2 aromatic carbocycles. The summed E-state index contributed by atoms with van der Waals surface area (Å²) in [6.45, 7) is 0.375. The van der Waals surface area contributed by atoms with E-state index in [1.54, 1.807) is 18.2 Å². The highest BCUT2D eigenvalue weighted by atomic mass is 127. The molecular weight excluding hydrogens is 443 g/mol. The van der Waals surface area contributed by atoms with Gasteiger partial charge in [-0.3, -0.25) is 4.31 Å². The fourth-order valence-electron chi connectivity index (χ4n) is 2.41. The molecular formula is C16H15IN2O4S. The minimum atomic E-state index is -3.75. The van der Waals surface area contributed by atoms with Crippen molar-refractivity contribution < 1.29 is 17.9 Å². The van der Waals surface area contributed by atoms with Gasteiger partial charge < -0.3 is 9.53 Å². The number of carbonyl (C=O) groups is 1. The first kappa shape index (κ1) is 17.2. The molecule has 1 fully saturated rings. The molecule has 8 heteroatoms. The summed E-state index contributed by atoms with van der Waals surface area (Å²) in [6, 6.07) is 14.1. The van der Waals surface area contributed by atoms with Gasteiger partial charge in [0, 0.05) is 3.57 Å². The van der Waals surface area contributed by atoms with Crippen molar-refractivity contribution in [2.45, 2.75) is 12.6 Å². The van der Waals surface area contributed by atoms with E-state index in [9.17, 15) is 13.2 Å². The van der Waals surface area contributed by atoms with Gasteiger partial charge in [0.1, 0.15) is 18.6 Å². The third-order valence-electron chi connectivity index (χ3n) is 3.54. The number of carbonyl (C=O) groups excluding carboxylic acids is 1. The van der Waals surface area contributed by atoms with Crippen molar-refractivity contribution in [2.75, 3.05) is 10.8 Å². The van der Waals surface area contributed by atoms with Crippen molar-refractivity contribution >= 4 is 44.8 Å². The quantitative estimate of drug-likeness (QED) is 0.550. The number of halogens is 1. The zero-order valence-corrected chi connectivity index (χ0v) is 15.5. The van der Waals surface area contributed by atoms with Gasteiger partial charge in [0.25, 0.3) is 0 Å². The summed E-state index contributed by atoms with van der Waals surface area (Å²) in [5, 5.41) is 0. The number of nitrogens with zero attached hydrogens (tertiary/aromatic N) is 1. The van der Waals surface area contributed by atoms with Crippen LogP contribution < -0.4 is 13.8 Å². The van der Waals surface area contributed by atoms with Crippen LogP contribution in [0.4, 0.5) is 5.69 Å². The summed E-state index contributed by atoms with van der Waals surface area (Å²) in [6.07, 6.45) is 0.592. The predicted molar refractivity (Wildman–Crippen MR) is 99.2 cm³/mol. The third kappa shape index (κ3) is 3.70. The molecule has 1 atom stereocenters. The maximum atomic E-state index is 12.2. The van der Waals surface area contributed by atoms with Crippen LogP contribution in [0.3, 0.4) is 0 Å². The van der Waals surface area contributed by atoms with E-state index in [1.807, 2.05) is 30.3 Å². The highest BCUT2D eigenvalue weighted by Crippen LogP contribution is 2.34. The van der Waals surface area contributed by atoms with Crippen LogP contribution in [0, 0.1) is 3.57 Å².